The lowest BCUT2D eigenvalue weighted by Gasteiger charge is -2.47. The molecule has 0 aliphatic carbocycles. The van der Waals surface area contributed by atoms with Crippen molar-refractivity contribution in [3.63, 3.8) is 0 Å². The van der Waals surface area contributed by atoms with Crippen molar-refractivity contribution >= 4 is 41.5 Å². The first kappa shape index (κ1) is 60.5. The van der Waals surface area contributed by atoms with E-state index >= 15 is 8.78 Å². The molecule has 6 atom stereocenters. The first-order valence-electron chi connectivity index (χ1n) is 25.0. The number of esters is 1. The van der Waals surface area contributed by atoms with Crippen LogP contribution in [0.25, 0.3) is 5.70 Å². The molecule has 0 radical (unpaired) electrons. The molecule has 3 aliphatic heterocycles. The Bertz CT molecular complexity index is 2710. The maximum Gasteiger partial charge on any atom is 0.407 e. The van der Waals surface area contributed by atoms with Gasteiger partial charge < -0.3 is 40.7 Å². The SMILES string of the molecule is COC(=O)C[C@H](C(=O)NN(Cc1c(F)cc(C(N)=CC=N)cc1F)C[C@H](O)[C@@H](CC(=O)[C@@H](NC(=O)OC)C(C)(C)C(F)(F)F)Cc1ccc(C#Cc2ccc(N3CC4CCC(C3)N4C3COC3)nc2)cc1)C(C)(C)C(F)(F)F. The van der Waals surface area contributed by atoms with E-state index in [9.17, 15) is 50.6 Å². The number of piperazine rings is 1. The van der Waals surface area contributed by atoms with E-state index in [4.69, 9.17) is 15.9 Å². The van der Waals surface area contributed by atoms with Crippen molar-refractivity contribution in [1.29, 1.82) is 5.41 Å². The van der Waals surface area contributed by atoms with Crippen molar-refractivity contribution in [2.24, 2.45) is 28.4 Å². The number of carbonyl (C=O) groups is 4. The van der Waals surface area contributed by atoms with Crippen molar-refractivity contribution in [3.8, 4) is 11.8 Å². The molecule has 6 rings (SSSR count). The van der Waals surface area contributed by atoms with Crippen LogP contribution < -0.4 is 21.4 Å². The van der Waals surface area contributed by atoms with Crippen LogP contribution in [0, 0.1) is 51.6 Å². The average molecular weight is 1110 g/mol. The number of Topliss-reactive ketones (excluding diaryl/α,β-unsaturated/α-hetero) is 1. The summed E-state index contributed by atoms with van der Waals surface area (Å²) >= 11 is 0. The van der Waals surface area contributed by atoms with Gasteiger partial charge in [0.1, 0.15) is 23.5 Å². The molecule has 2 bridgehead atoms. The van der Waals surface area contributed by atoms with Crippen LogP contribution in [0.1, 0.15) is 81.2 Å². The number of amides is 2. The number of hydrogen-bond acceptors (Lipinski definition) is 14. The second-order valence-electron chi connectivity index (χ2n) is 20.9. The van der Waals surface area contributed by atoms with E-state index in [1.807, 2.05) is 17.4 Å². The fourth-order valence-electron chi connectivity index (χ4n) is 9.84. The smallest absolute Gasteiger partial charge is 0.407 e. The zero-order valence-corrected chi connectivity index (χ0v) is 43.9. The fraction of sp³-hybridized carbons (Fsp3) is 0.519. The van der Waals surface area contributed by atoms with Gasteiger partial charge in [0.15, 0.2) is 5.78 Å². The number of carbonyl (C=O) groups excluding carboxylic acids is 4. The predicted octanol–water partition coefficient (Wildman–Crippen LogP) is 6.85. The molecule has 24 heteroatoms. The normalized spacial score (nSPS) is 18.9. The number of nitrogens with one attached hydrogen (secondary N) is 3. The highest BCUT2D eigenvalue weighted by atomic mass is 19.4. The van der Waals surface area contributed by atoms with Gasteiger partial charge in [-0.2, -0.15) is 26.3 Å². The molecule has 6 N–H and O–H groups in total. The van der Waals surface area contributed by atoms with E-state index in [-0.39, 0.29) is 17.7 Å². The lowest BCUT2D eigenvalue weighted by Crippen LogP contribution is -2.62. The highest BCUT2D eigenvalue weighted by Gasteiger charge is 2.57. The lowest BCUT2D eigenvalue weighted by molar-refractivity contribution is -0.231. The molecule has 2 unspecified atom stereocenters. The monoisotopic (exact) mass is 1100 g/mol. The largest absolute Gasteiger partial charge is 0.469 e. The third-order valence-corrected chi connectivity index (χ3v) is 15.0. The Morgan fingerprint density at radius 2 is 1.47 bits per heavy atom. The summed E-state index contributed by atoms with van der Waals surface area (Å²) in [6.07, 6.45) is -10.3. The summed E-state index contributed by atoms with van der Waals surface area (Å²) in [5.41, 5.74) is 2.31. The van der Waals surface area contributed by atoms with Crippen LogP contribution in [0.15, 0.2) is 60.8 Å². The second-order valence-corrected chi connectivity index (χ2v) is 20.9. The number of fused-ring (bicyclic) bond motifs is 2. The van der Waals surface area contributed by atoms with Gasteiger partial charge in [0.2, 0.25) is 5.91 Å². The van der Waals surface area contributed by atoms with Gasteiger partial charge in [-0.25, -0.2) is 23.6 Å². The van der Waals surface area contributed by atoms with E-state index in [1.54, 1.807) is 30.5 Å². The number of methoxy groups -OCH3 is 2. The van der Waals surface area contributed by atoms with Gasteiger partial charge in [0, 0.05) is 85.0 Å². The van der Waals surface area contributed by atoms with E-state index in [0.717, 1.165) is 83.6 Å². The molecule has 3 aromatic rings. The molecule has 0 saturated carbocycles. The molecule has 3 aliphatic rings. The van der Waals surface area contributed by atoms with Crippen molar-refractivity contribution < 1.29 is 73.6 Å². The second kappa shape index (κ2) is 25.0. The fourth-order valence-corrected chi connectivity index (χ4v) is 9.84. The van der Waals surface area contributed by atoms with Crippen LogP contribution in [0.5, 0.6) is 0 Å². The number of hydrogen-bond donors (Lipinski definition) is 5. The van der Waals surface area contributed by atoms with Gasteiger partial charge in [0.25, 0.3) is 0 Å². The molecule has 3 saturated heterocycles. The van der Waals surface area contributed by atoms with Crippen molar-refractivity contribution in [2.75, 3.05) is 52.0 Å². The van der Waals surface area contributed by atoms with Crippen LogP contribution in [0.2, 0.25) is 0 Å². The predicted molar refractivity (Wildman–Crippen MR) is 270 cm³/mol. The summed E-state index contributed by atoms with van der Waals surface area (Å²) < 4.78 is 134. The minimum absolute atomic E-state index is 0.219. The molecular formula is C54H64F8N8O8. The highest BCUT2D eigenvalue weighted by molar-refractivity contribution is 5.88. The third-order valence-electron chi connectivity index (χ3n) is 15.0. The number of allylic oxidation sites excluding steroid dienone is 1. The van der Waals surface area contributed by atoms with Gasteiger partial charge in [-0.3, -0.25) is 24.7 Å². The Balaban J connectivity index is 1.30. The molecule has 2 aromatic carbocycles. The number of ether oxygens (including phenoxy) is 3. The Kier molecular flexibility index (Phi) is 19.4. The molecule has 3 fully saturated rings. The van der Waals surface area contributed by atoms with Crippen LogP contribution in [-0.4, -0.2) is 140 Å². The van der Waals surface area contributed by atoms with E-state index in [1.165, 1.54) is 0 Å². The Hall–Kier alpha value is -6.68. The number of halogens is 8. The number of aliphatic hydroxyl groups is 1. The molecule has 78 heavy (non-hydrogen) atoms. The number of ketones is 1. The summed E-state index contributed by atoms with van der Waals surface area (Å²) in [5, 5.41) is 22.0. The number of alkyl halides is 6. The van der Waals surface area contributed by atoms with E-state index in [2.05, 4.69) is 41.5 Å². The molecular weight excluding hydrogens is 1040 g/mol. The van der Waals surface area contributed by atoms with Gasteiger partial charge in [0.05, 0.1) is 62.7 Å². The van der Waals surface area contributed by atoms with Crippen LogP contribution in [0.3, 0.4) is 0 Å². The number of aromatic nitrogens is 1. The molecule has 2 amide bonds. The lowest BCUT2D eigenvalue weighted by atomic mass is 9.75. The summed E-state index contributed by atoms with van der Waals surface area (Å²) in [4.78, 5) is 62.6. The number of benzene rings is 2. The number of anilines is 1. The maximum absolute atomic E-state index is 15.9. The highest BCUT2D eigenvalue weighted by Crippen LogP contribution is 2.46. The number of aliphatic hydroxyl groups excluding tert-OH is 1. The maximum atomic E-state index is 15.9. The van der Waals surface area contributed by atoms with Crippen molar-refractivity contribution in [2.45, 2.75) is 109 Å². The van der Waals surface area contributed by atoms with Gasteiger partial charge in [-0.05, 0) is 87.1 Å². The standard InChI is InChI=1S/C54H64F8N8O8/c1-51(2,53(57,58)59)40(23-47(73)76-5)49(74)67-69(27-39-41(55)20-34(21-42(39)56)43(64)17-18-63)28-45(72)35(22-44(71)48(66-50(75)77-6)52(3,4)54(60,61)62)19-32-10-7-31(8-11-32)9-12-33-13-16-46(65-24-33)68-25-36-14-15-37(26-68)70(36)38-29-78-30-38/h7-8,10-11,13,16-18,20-21,24,35-38,40,45,48,63,72H,14-15,19,22-23,25-30,64H2,1-6H3,(H,66,75)(H,67,74)/t35-,36?,37?,40-,45+,48-/m1/s1. The number of rotatable bonds is 21. The quantitative estimate of drug-likeness (QED) is 0.0243. The van der Waals surface area contributed by atoms with Crippen molar-refractivity contribution in [3.05, 3.63) is 100 Å². The van der Waals surface area contributed by atoms with E-state index in [0.29, 0.717) is 67.5 Å². The number of alkyl carbamates (subject to hydrolysis) is 1. The third kappa shape index (κ3) is 14.3. The minimum Gasteiger partial charge on any atom is -0.469 e. The summed E-state index contributed by atoms with van der Waals surface area (Å²) in [7, 11) is 1.73. The molecule has 1 aromatic heterocycles. The topological polar surface area (TPSA) is 213 Å². The Morgan fingerprint density at radius 3 is 1.99 bits per heavy atom. The zero-order valence-electron chi connectivity index (χ0n) is 43.9. The summed E-state index contributed by atoms with van der Waals surface area (Å²) in [5.74, 6) is -3.37. The van der Waals surface area contributed by atoms with E-state index < -0.39 is 114 Å². The van der Waals surface area contributed by atoms with Crippen LogP contribution >= 0.6 is 0 Å². The number of hydrazine groups is 1. The minimum atomic E-state index is -5.12. The Morgan fingerprint density at radius 1 is 0.885 bits per heavy atom. The van der Waals surface area contributed by atoms with Crippen molar-refractivity contribution in [1.82, 2.24) is 25.6 Å². The van der Waals surface area contributed by atoms with Gasteiger partial charge in [-0.15, -0.1) is 0 Å². The Labute approximate surface area is 446 Å². The van der Waals surface area contributed by atoms with Crippen LogP contribution in [-0.2, 0) is 41.6 Å². The number of nitrogens with zero attached hydrogens (tertiary/aromatic N) is 4. The molecule has 4 heterocycles. The summed E-state index contributed by atoms with van der Waals surface area (Å²) in [6, 6.07) is 10.6. The number of pyridine rings is 1. The van der Waals surface area contributed by atoms with Crippen LogP contribution in [0.4, 0.5) is 45.7 Å². The molecule has 16 nitrogen and oxygen atoms in total. The molecule has 0 spiro atoms. The first-order valence-corrected chi connectivity index (χ1v) is 25.0. The zero-order chi connectivity index (χ0) is 57.5. The first-order chi connectivity index (χ1) is 36.6. The average Bonchev–Trinajstić information content (AvgIpc) is 3.66. The number of nitrogens with two attached hydrogens (primary N) is 1. The summed E-state index contributed by atoms with van der Waals surface area (Å²) in [6.45, 7) is 3.82. The van der Waals surface area contributed by atoms with Gasteiger partial charge >= 0.3 is 24.4 Å². The molecule has 424 valence electrons. The van der Waals surface area contributed by atoms with Gasteiger partial charge in [-0.1, -0.05) is 37.8 Å².